The third kappa shape index (κ3) is 5.69. The van der Waals surface area contributed by atoms with Crippen molar-refractivity contribution >= 4 is 17.8 Å². The van der Waals surface area contributed by atoms with E-state index in [1.165, 1.54) is 25.3 Å². The van der Waals surface area contributed by atoms with Crippen LogP contribution in [0.4, 0.5) is 4.39 Å². The number of ether oxygens (including phenoxy) is 1. The number of nitrogens with one attached hydrogen (secondary N) is 2. The van der Waals surface area contributed by atoms with Crippen molar-refractivity contribution in [1.82, 2.24) is 10.6 Å². The van der Waals surface area contributed by atoms with E-state index in [9.17, 15) is 18.8 Å². The fourth-order valence-electron chi connectivity index (χ4n) is 1.90. The molecule has 0 fully saturated rings. The molecule has 2 amide bonds. The van der Waals surface area contributed by atoms with E-state index in [1.807, 2.05) is 0 Å². The lowest BCUT2D eigenvalue weighted by molar-refractivity contribution is -0.140. The van der Waals surface area contributed by atoms with Crippen molar-refractivity contribution in [1.29, 1.82) is 0 Å². The summed E-state index contributed by atoms with van der Waals surface area (Å²) in [5.41, 5.74) is -0.125. The second-order valence-electron chi connectivity index (χ2n) is 5.29. The van der Waals surface area contributed by atoms with Gasteiger partial charge in [-0.25, -0.2) is 4.39 Å². The van der Waals surface area contributed by atoms with Crippen LogP contribution in [0.25, 0.3) is 0 Å². The number of halogens is 1. The van der Waals surface area contributed by atoms with Crippen molar-refractivity contribution in [2.45, 2.75) is 26.3 Å². The van der Waals surface area contributed by atoms with E-state index in [0.29, 0.717) is 0 Å². The maximum absolute atomic E-state index is 13.6. The van der Waals surface area contributed by atoms with Crippen LogP contribution >= 0.6 is 0 Å². The molecule has 0 saturated heterocycles. The summed E-state index contributed by atoms with van der Waals surface area (Å²) in [7, 11) is 1.26. The molecule has 1 aromatic rings. The highest BCUT2D eigenvalue weighted by Crippen LogP contribution is 2.09. The first-order chi connectivity index (χ1) is 10.9. The van der Waals surface area contributed by atoms with Crippen LogP contribution < -0.4 is 10.6 Å². The molecule has 126 valence electrons. The minimum Gasteiger partial charge on any atom is -0.469 e. The van der Waals surface area contributed by atoms with Gasteiger partial charge in [0, 0.05) is 6.54 Å². The van der Waals surface area contributed by atoms with Crippen molar-refractivity contribution in [3.63, 3.8) is 0 Å². The SMILES string of the molecule is COC(=O)CCNC(=O)C(NC(=O)c1ccccc1F)C(C)C. The number of hydrogen-bond acceptors (Lipinski definition) is 4. The monoisotopic (exact) mass is 324 g/mol. The van der Waals surface area contributed by atoms with Gasteiger partial charge < -0.3 is 15.4 Å². The maximum Gasteiger partial charge on any atom is 0.307 e. The van der Waals surface area contributed by atoms with E-state index >= 15 is 0 Å². The minimum atomic E-state index is -0.834. The third-order valence-electron chi connectivity index (χ3n) is 3.21. The standard InChI is InChI=1S/C16H21FN2O4/c1-10(2)14(16(22)18-9-8-13(20)23-3)19-15(21)11-6-4-5-7-12(11)17/h4-7,10,14H,8-9H2,1-3H3,(H,18,22)(H,19,21). The fourth-order valence-corrected chi connectivity index (χ4v) is 1.90. The summed E-state index contributed by atoms with van der Waals surface area (Å²) < 4.78 is 18.1. The molecule has 2 N–H and O–H groups in total. The number of benzene rings is 1. The van der Waals surface area contributed by atoms with Gasteiger partial charge in [0.05, 0.1) is 19.1 Å². The molecule has 0 heterocycles. The first kappa shape index (κ1) is 18.6. The molecule has 0 radical (unpaired) electrons. The van der Waals surface area contributed by atoms with Crippen molar-refractivity contribution < 1.29 is 23.5 Å². The molecule has 1 aromatic carbocycles. The van der Waals surface area contributed by atoms with Gasteiger partial charge in [-0.15, -0.1) is 0 Å². The van der Waals surface area contributed by atoms with Crippen molar-refractivity contribution in [3.8, 4) is 0 Å². The zero-order chi connectivity index (χ0) is 17.4. The maximum atomic E-state index is 13.6. The van der Waals surface area contributed by atoms with Crippen LogP contribution in [-0.2, 0) is 14.3 Å². The molecule has 0 aliphatic carbocycles. The van der Waals surface area contributed by atoms with E-state index in [0.717, 1.165) is 0 Å². The lowest BCUT2D eigenvalue weighted by Crippen LogP contribution is -2.50. The summed E-state index contributed by atoms with van der Waals surface area (Å²) in [5.74, 6) is -2.40. The first-order valence-corrected chi connectivity index (χ1v) is 7.26. The summed E-state index contributed by atoms with van der Waals surface area (Å²) in [6, 6.07) is 4.71. The van der Waals surface area contributed by atoms with Crippen LogP contribution in [0.2, 0.25) is 0 Å². The lowest BCUT2D eigenvalue weighted by Gasteiger charge is -2.21. The number of hydrogen-bond donors (Lipinski definition) is 2. The second-order valence-corrected chi connectivity index (χ2v) is 5.29. The van der Waals surface area contributed by atoms with Crippen LogP contribution in [0, 0.1) is 11.7 Å². The molecular weight excluding hydrogens is 303 g/mol. The Hall–Kier alpha value is -2.44. The molecule has 6 nitrogen and oxygen atoms in total. The van der Waals surface area contributed by atoms with Gasteiger partial charge in [-0.05, 0) is 18.1 Å². The third-order valence-corrected chi connectivity index (χ3v) is 3.21. The summed E-state index contributed by atoms with van der Waals surface area (Å²) in [4.78, 5) is 35.3. The number of carbonyl (C=O) groups excluding carboxylic acids is 3. The Bertz CT molecular complexity index is 575. The molecule has 23 heavy (non-hydrogen) atoms. The second kappa shape index (κ2) is 8.87. The molecule has 1 atom stereocenters. The highest BCUT2D eigenvalue weighted by Gasteiger charge is 2.25. The number of esters is 1. The van der Waals surface area contributed by atoms with Crippen molar-refractivity contribution in [2.24, 2.45) is 5.92 Å². The molecule has 0 aliphatic heterocycles. The first-order valence-electron chi connectivity index (χ1n) is 7.26. The Labute approximate surface area is 134 Å². The van der Waals surface area contributed by atoms with Gasteiger partial charge >= 0.3 is 5.97 Å². The smallest absolute Gasteiger partial charge is 0.307 e. The Morgan fingerprint density at radius 1 is 1.22 bits per heavy atom. The molecule has 0 aliphatic rings. The zero-order valence-corrected chi connectivity index (χ0v) is 13.4. The van der Waals surface area contributed by atoms with E-state index in [4.69, 9.17) is 0 Å². The Balaban J connectivity index is 2.68. The van der Waals surface area contributed by atoms with Gasteiger partial charge in [-0.1, -0.05) is 26.0 Å². The van der Waals surface area contributed by atoms with Gasteiger partial charge in [0.1, 0.15) is 11.9 Å². The average Bonchev–Trinajstić information content (AvgIpc) is 2.52. The largest absolute Gasteiger partial charge is 0.469 e. The molecular formula is C16H21FN2O4. The van der Waals surface area contributed by atoms with Gasteiger partial charge in [-0.2, -0.15) is 0 Å². The lowest BCUT2D eigenvalue weighted by atomic mass is 10.0. The predicted molar refractivity (Wildman–Crippen MR) is 82.1 cm³/mol. The van der Waals surface area contributed by atoms with Gasteiger partial charge in [-0.3, -0.25) is 14.4 Å². The molecule has 1 unspecified atom stereocenters. The summed E-state index contributed by atoms with van der Waals surface area (Å²) in [5, 5.41) is 5.07. The van der Waals surface area contributed by atoms with Crippen LogP contribution in [0.15, 0.2) is 24.3 Å². The van der Waals surface area contributed by atoms with Crippen LogP contribution in [-0.4, -0.2) is 37.5 Å². The molecule has 0 bridgehead atoms. The Morgan fingerprint density at radius 2 is 1.87 bits per heavy atom. The van der Waals surface area contributed by atoms with Crippen LogP contribution in [0.5, 0.6) is 0 Å². The number of amides is 2. The summed E-state index contributed by atoms with van der Waals surface area (Å²) >= 11 is 0. The molecule has 1 rings (SSSR count). The normalized spacial score (nSPS) is 11.7. The number of methoxy groups -OCH3 is 1. The zero-order valence-electron chi connectivity index (χ0n) is 13.4. The fraction of sp³-hybridized carbons (Fsp3) is 0.438. The number of carbonyl (C=O) groups is 3. The van der Waals surface area contributed by atoms with Crippen molar-refractivity contribution in [3.05, 3.63) is 35.6 Å². The Kier molecular flexibility index (Phi) is 7.18. The number of rotatable bonds is 7. The summed E-state index contributed by atoms with van der Waals surface area (Å²) in [6.07, 6.45) is 0.0360. The Morgan fingerprint density at radius 3 is 2.43 bits per heavy atom. The van der Waals surface area contributed by atoms with Crippen LogP contribution in [0.1, 0.15) is 30.6 Å². The summed E-state index contributed by atoms with van der Waals surface area (Å²) in [6.45, 7) is 3.61. The van der Waals surface area contributed by atoms with E-state index < -0.39 is 29.6 Å². The van der Waals surface area contributed by atoms with E-state index in [-0.39, 0.29) is 24.4 Å². The highest BCUT2D eigenvalue weighted by atomic mass is 19.1. The molecule has 0 saturated carbocycles. The van der Waals surface area contributed by atoms with Gasteiger partial charge in [0.15, 0.2) is 0 Å². The molecule has 0 aromatic heterocycles. The average molecular weight is 324 g/mol. The highest BCUT2D eigenvalue weighted by molar-refractivity contribution is 5.97. The quantitative estimate of drug-likeness (QED) is 0.740. The van der Waals surface area contributed by atoms with Gasteiger partial charge in [0.25, 0.3) is 5.91 Å². The van der Waals surface area contributed by atoms with Gasteiger partial charge in [0.2, 0.25) is 5.91 Å². The molecule has 7 heteroatoms. The van der Waals surface area contributed by atoms with Crippen molar-refractivity contribution in [2.75, 3.05) is 13.7 Å². The predicted octanol–water partition coefficient (Wildman–Crippen LogP) is 1.26. The minimum absolute atomic E-state index is 0.0360. The van der Waals surface area contributed by atoms with E-state index in [2.05, 4.69) is 15.4 Å². The van der Waals surface area contributed by atoms with Crippen LogP contribution in [0.3, 0.4) is 0 Å². The topological polar surface area (TPSA) is 84.5 Å². The van der Waals surface area contributed by atoms with E-state index in [1.54, 1.807) is 19.9 Å². The molecule has 0 spiro atoms.